The van der Waals surface area contributed by atoms with Gasteiger partial charge in [0.1, 0.15) is 40.0 Å². The number of aryl methyl sites for hydroxylation is 3. The molecular weight excluding hydrogens is 252 g/mol. The largest absolute Gasteiger partial charge is 0.465 e. The van der Waals surface area contributed by atoms with Crippen LogP contribution >= 0.6 is 0 Å². The Balaban J connectivity index is 2.22. The van der Waals surface area contributed by atoms with Gasteiger partial charge in [0.2, 0.25) is 0 Å². The third kappa shape index (κ3) is 1.90. The summed E-state index contributed by atoms with van der Waals surface area (Å²) < 4.78 is 17.6. The summed E-state index contributed by atoms with van der Waals surface area (Å²) >= 11 is 0. The first-order valence-corrected chi connectivity index (χ1v) is 6.71. The van der Waals surface area contributed by atoms with Gasteiger partial charge in [-0.1, -0.05) is 0 Å². The fourth-order valence-corrected chi connectivity index (χ4v) is 2.47. The fourth-order valence-electron chi connectivity index (χ4n) is 2.47. The molecule has 0 N–H and O–H groups in total. The van der Waals surface area contributed by atoms with Crippen LogP contribution in [0.3, 0.4) is 0 Å². The normalized spacial score (nSPS) is 12.0. The molecule has 3 heteroatoms. The monoisotopic (exact) mass is 270 g/mol. The van der Waals surface area contributed by atoms with Crippen molar-refractivity contribution in [1.82, 2.24) is 0 Å². The minimum atomic E-state index is -0.559. The van der Waals surface area contributed by atoms with Crippen molar-refractivity contribution in [2.45, 2.75) is 33.1 Å². The quantitative estimate of drug-likeness (QED) is 0.689. The van der Waals surface area contributed by atoms with Gasteiger partial charge in [0.15, 0.2) is 0 Å². The molecule has 0 bridgehead atoms. The highest BCUT2D eigenvalue weighted by Crippen LogP contribution is 2.41. The molecule has 3 nitrogen and oxygen atoms in total. The molecule has 0 aliphatic heterocycles. The lowest BCUT2D eigenvalue weighted by atomic mass is 9.82. The highest BCUT2D eigenvalue weighted by Gasteiger charge is 2.40. The van der Waals surface area contributed by atoms with Crippen molar-refractivity contribution in [3.05, 3.63) is 71.0 Å². The van der Waals surface area contributed by atoms with Crippen LogP contribution in [-0.2, 0) is 5.41 Å². The molecule has 0 unspecified atom stereocenters. The molecule has 0 saturated heterocycles. The SMILES string of the molecule is Cc1ccc(C(C)(c2ccc(C)o2)c2ccc(C)o2)o1. The minimum Gasteiger partial charge on any atom is -0.465 e. The van der Waals surface area contributed by atoms with E-state index < -0.39 is 5.41 Å². The second-order valence-electron chi connectivity index (χ2n) is 5.36. The molecule has 3 heterocycles. The van der Waals surface area contributed by atoms with E-state index in [0.717, 1.165) is 34.6 Å². The molecule has 0 aliphatic rings. The second kappa shape index (κ2) is 4.44. The van der Waals surface area contributed by atoms with Crippen LogP contribution in [0.4, 0.5) is 0 Å². The molecule has 0 spiro atoms. The molecule has 0 atom stereocenters. The molecule has 0 saturated carbocycles. The Morgan fingerprint density at radius 1 is 0.600 bits per heavy atom. The maximum Gasteiger partial charge on any atom is 0.141 e. The summed E-state index contributed by atoms with van der Waals surface area (Å²) in [5, 5.41) is 0. The van der Waals surface area contributed by atoms with Gasteiger partial charge in [-0.25, -0.2) is 0 Å². The zero-order valence-electron chi connectivity index (χ0n) is 12.2. The number of hydrogen-bond donors (Lipinski definition) is 0. The van der Waals surface area contributed by atoms with Crippen LogP contribution in [0.5, 0.6) is 0 Å². The van der Waals surface area contributed by atoms with E-state index in [1.54, 1.807) is 0 Å². The van der Waals surface area contributed by atoms with Gasteiger partial charge < -0.3 is 13.3 Å². The van der Waals surface area contributed by atoms with Crippen LogP contribution in [0.2, 0.25) is 0 Å². The van der Waals surface area contributed by atoms with E-state index in [9.17, 15) is 0 Å². The van der Waals surface area contributed by atoms with Gasteiger partial charge in [-0.2, -0.15) is 0 Å². The zero-order chi connectivity index (χ0) is 14.3. The van der Waals surface area contributed by atoms with Crippen LogP contribution in [0, 0.1) is 20.8 Å². The van der Waals surface area contributed by atoms with Gasteiger partial charge in [-0.15, -0.1) is 0 Å². The predicted molar refractivity (Wildman–Crippen MR) is 75.9 cm³/mol. The van der Waals surface area contributed by atoms with Gasteiger partial charge in [-0.05, 0) is 64.1 Å². The maximum absolute atomic E-state index is 5.86. The van der Waals surface area contributed by atoms with Crippen molar-refractivity contribution in [3.63, 3.8) is 0 Å². The summed E-state index contributed by atoms with van der Waals surface area (Å²) in [6.07, 6.45) is 0. The summed E-state index contributed by atoms with van der Waals surface area (Å²) in [5.74, 6) is 5.07. The van der Waals surface area contributed by atoms with Gasteiger partial charge in [0, 0.05) is 0 Å². The first-order chi connectivity index (χ1) is 9.50. The summed E-state index contributed by atoms with van der Waals surface area (Å²) in [6, 6.07) is 11.8. The summed E-state index contributed by atoms with van der Waals surface area (Å²) in [5.41, 5.74) is -0.559. The lowest BCUT2D eigenvalue weighted by Crippen LogP contribution is -2.23. The molecule has 0 aromatic carbocycles. The highest BCUT2D eigenvalue weighted by atomic mass is 16.4. The van der Waals surface area contributed by atoms with Crippen LogP contribution in [0.15, 0.2) is 49.6 Å². The first-order valence-electron chi connectivity index (χ1n) is 6.71. The average Bonchev–Trinajstić information content (AvgIpc) is 3.10. The predicted octanol–water partition coefficient (Wildman–Crippen LogP) is 4.75. The number of rotatable bonds is 3. The van der Waals surface area contributed by atoms with Gasteiger partial charge in [0.25, 0.3) is 0 Å². The Labute approximate surface area is 118 Å². The van der Waals surface area contributed by atoms with Crippen molar-refractivity contribution in [3.8, 4) is 0 Å². The van der Waals surface area contributed by atoms with Crippen LogP contribution in [0.25, 0.3) is 0 Å². The van der Waals surface area contributed by atoms with Gasteiger partial charge in [0.05, 0.1) is 0 Å². The minimum absolute atomic E-state index is 0.559. The van der Waals surface area contributed by atoms with E-state index in [1.807, 2.05) is 57.2 Å². The molecule has 0 aliphatic carbocycles. The van der Waals surface area contributed by atoms with Gasteiger partial charge in [-0.3, -0.25) is 0 Å². The Bertz CT molecular complexity index is 628. The van der Waals surface area contributed by atoms with E-state index >= 15 is 0 Å². The Hall–Kier alpha value is -2.16. The smallest absolute Gasteiger partial charge is 0.141 e. The van der Waals surface area contributed by atoms with Crippen LogP contribution in [-0.4, -0.2) is 0 Å². The zero-order valence-corrected chi connectivity index (χ0v) is 12.2. The molecule has 0 amide bonds. The highest BCUT2D eigenvalue weighted by molar-refractivity contribution is 5.39. The van der Waals surface area contributed by atoms with Gasteiger partial charge >= 0.3 is 0 Å². The molecule has 0 radical (unpaired) electrons. The van der Waals surface area contributed by atoms with Crippen molar-refractivity contribution in [1.29, 1.82) is 0 Å². The number of furan rings is 3. The van der Waals surface area contributed by atoms with Crippen molar-refractivity contribution < 1.29 is 13.3 Å². The average molecular weight is 270 g/mol. The van der Waals surface area contributed by atoms with E-state index in [2.05, 4.69) is 6.92 Å². The van der Waals surface area contributed by atoms with E-state index in [1.165, 1.54) is 0 Å². The van der Waals surface area contributed by atoms with Crippen molar-refractivity contribution in [2.24, 2.45) is 0 Å². The molecule has 20 heavy (non-hydrogen) atoms. The Morgan fingerprint density at radius 2 is 0.900 bits per heavy atom. The standard InChI is InChI=1S/C17H18O3/c1-11-5-8-14(18-11)17(4,15-9-6-12(2)19-15)16-10-7-13(3)20-16/h5-10H,1-4H3. The lowest BCUT2D eigenvalue weighted by molar-refractivity contribution is 0.320. The topological polar surface area (TPSA) is 39.4 Å². The van der Waals surface area contributed by atoms with Crippen molar-refractivity contribution in [2.75, 3.05) is 0 Å². The van der Waals surface area contributed by atoms with E-state index in [4.69, 9.17) is 13.3 Å². The molecule has 3 rings (SSSR count). The summed E-state index contributed by atoms with van der Waals surface area (Å²) in [4.78, 5) is 0. The number of hydrogen-bond acceptors (Lipinski definition) is 3. The lowest BCUT2D eigenvalue weighted by Gasteiger charge is -2.23. The first kappa shape index (κ1) is 12.9. The van der Waals surface area contributed by atoms with Crippen molar-refractivity contribution >= 4 is 0 Å². The second-order valence-corrected chi connectivity index (χ2v) is 5.36. The van der Waals surface area contributed by atoms with E-state index in [-0.39, 0.29) is 0 Å². The third-order valence-electron chi connectivity index (χ3n) is 3.70. The fraction of sp³-hybridized carbons (Fsp3) is 0.294. The molecule has 3 aromatic heterocycles. The summed E-state index contributed by atoms with van der Waals surface area (Å²) in [6.45, 7) is 7.86. The molecular formula is C17H18O3. The van der Waals surface area contributed by atoms with Crippen LogP contribution in [0.1, 0.15) is 41.5 Å². The maximum atomic E-state index is 5.86. The van der Waals surface area contributed by atoms with E-state index in [0.29, 0.717) is 0 Å². The van der Waals surface area contributed by atoms with Crippen LogP contribution < -0.4 is 0 Å². The Kier molecular flexibility index (Phi) is 2.85. The molecule has 0 fully saturated rings. The Morgan fingerprint density at radius 3 is 1.10 bits per heavy atom. The molecule has 104 valence electrons. The third-order valence-corrected chi connectivity index (χ3v) is 3.70. The molecule has 3 aromatic rings. The summed E-state index contributed by atoms with van der Waals surface area (Å²) in [7, 11) is 0.